The Balaban J connectivity index is 2.90. The number of halogens is 1. The van der Waals surface area contributed by atoms with Crippen molar-refractivity contribution in [2.24, 2.45) is 5.92 Å². The number of hydrogen-bond donors (Lipinski definition) is 1. The maximum absolute atomic E-state index is 10.6. The second kappa shape index (κ2) is 4.24. The highest BCUT2D eigenvalue weighted by atomic mass is 79.9. The van der Waals surface area contributed by atoms with Crippen molar-refractivity contribution in [3.05, 3.63) is 20.3 Å². The third kappa shape index (κ3) is 2.81. The van der Waals surface area contributed by atoms with E-state index in [1.165, 1.54) is 11.3 Å². The highest BCUT2D eigenvalue weighted by Crippen LogP contribution is 2.29. The second-order valence-electron chi connectivity index (χ2n) is 3.31. The first kappa shape index (κ1) is 10.7. The molecule has 1 aromatic rings. The topological polar surface area (TPSA) is 37.3 Å². The monoisotopic (exact) mass is 262 g/mol. The molecule has 0 aliphatic heterocycles. The normalized spacial score (nSPS) is 10.8. The summed E-state index contributed by atoms with van der Waals surface area (Å²) in [6, 6.07) is 1.75. The summed E-state index contributed by atoms with van der Waals surface area (Å²) in [7, 11) is 0. The number of carbonyl (C=O) groups is 1. The number of aromatic carboxylic acids is 1. The molecule has 1 heterocycles. The van der Waals surface area contributed by atoms with Gasteiger partial charge in [0.25, 0.3) is 0 Å². The van der Waals surface area contributed by atoms with Crippen LogP contribution in [0.5, 0.6) is 0 Å². The van der Waals surface area contributed by atoms with Crippen LogP contribution in [-0.4, -0.2) is 11.1 Å². The van der Waals surface area contributed by atoms with Gasteiger partial charge in [-0.2, -0.15) is 0 Å². The van der Waals surface area contributed by atoms with Crippen molar-refractivity contribution in [1.82, 2.24) is 0 Å². The van der Waals surface area contributed by atoms with Crippen molar-refractivity contribution in [3.63, 3.8) is 0 Å². The minimum absolute atomic E-state index is 0.405. The van der Waals surface area contributed by atoms with Gasteiger partial charge in [0, 0.05) is 0 Å². The average molecular weight is 263 g/mol. The first-order valence-electron chi connectivity index (χ1n) is 4.02. The van der Waals surface area contributed by atoms with E-state index in [0.717, 1.165) is 15.8 Å². The van der Waals surface area contributed by atoms with Gasteiger partial charge in [-0.15, -0.1) is 11.3 Å². The van der Waals surface area contributed by atoms with Crippen LogP contribution in [0.25, 0.3) is 0 Å². The summed E-state index contributed by atoms with van der Waals surface area (Å²) in [5, 5.41) is 8.75. The molecule has 0 amide bonds. The Morgan fingerprint density at radius 3 is 2.69 bits per heavy atom. The van der Waals surface area contributed by atoms with Gasteiger partial charge in [0.15, 0.2) is 0 Å². The molecule has 72 valence electrons. The molecule has 0 spiro atoms. The second-order valence-corrected chi connectivity index (χ2v) is 5.68. The van der Waals surface area contributed by atoms with Gasteiger partial charge in [-0.3, -0.25) is 0 Å². The highest BCUT2D eigenvalue weighted by molar-refractivity contribution is 9.11. The molecule has 0 unspecified atom stereocenters. The van der Waals surface area contributed by atoms with E-state index in [1.54, 1.807) is 6.07 Å². The Morgan fingerprint density at radius 1 is 1.69 bits per heavy atom. The standard InChI is InChI=1S/C9H11BrO2S/c1-5(2)3-6-4-7(9(11)12)13-8(6)10/h4-5H,3H2,1-2H3,(H,11,12). The lowest BCUT2D eigenvalue weighted by Gasteiger charge is -2.01. The summed E-state index contributed by atoms with van der Waals surface area (Å²) in [5.74, 6) is -0.298. The Bertz CT molecular complexity index is 317. The molecule has 1 N–H and O–H groups in total. The van der Waals surface area contributed by atoms with Crippen LogP contribution >= 0.6 is 27.3 Å². The third-order valence-electron chi connectivity index (χ3n) is 1.60. The van der Waals surface area contributed by atoms with E-state index in [9.17, 15) is 4.79 Å². The van der Waals surface area contributed by atoms with Crippen LogP contribution < -0.4 is 0 Å². The zero-order chi connectivity index (χ0) is 10.0. The Hall–Kier alpha value is -0.350. The van der Waals surface area contributed by atoms with Crippen molar-refractivity contribution in [2.45, 2.75) is 20.3 Å². The summed E-state index contributed by atoms with van der Waals surface area (Å²) < 4.78 is 0.943. The van der Waals surface area contributed by atoms with Gasteiger partial charge < -0.3 is 5.11 Å². The molecule has 0 atom stereocenters. The fourth-order valence-corrected chi connectivity index (χ4v) is 2.65. The van der Waals surface area contributed by atoms with Crippen LogP contribution in [0.1, 0.15) is 29.1 Å². The van der Waals surface area contributed by atoms with Crippen molar-refractivity contribution in [1.29, 1.82) is 0 Å². The van der Waals surface area contributed by atoms with Gasteiger partial charge in [0.2, 0.25) is 0 Å². The molecule has 0 fully saturated rings. The lowest BCUT2D eigenvalue weighted by Crippen LogP contribution is -1.94. The largest absolute Gasteiger partial charge is 0.477 e. The predicted molar refractivity (Wildman–Crippen MR) is 57.5 cm³/mol. The number of rotatable bonds is 3. The fraction of sp³-hybridized carbons (Fsp3) is 0.444. The molecule has 0 bridgehead atoms. The quantitative estimate of drug-likeness (QED) is 0.907. The smallest absolute Gasteiger partial charge is 0.345 e. The lowest BCUT2D eigenvalue weighted by atomic mass is 10.1. The number of thiophene rings is 1. The van der Waals surface area contributed by atoms with E-state index >= 15 is 0 Å². The summed E-state index contributed by atoms with van der Waals surface area (Å²) in [6.45, 7) is 4.23. The minimum atomic E-state index is -0.847. The maximum Gasteiger partial charge on any atom is 0.345 e. The van der Waals surface area contributed by atoms with Crippen LogP contribution in [0.3, 0.4) is 0 Å². The number of carboxylic acids is 1. The van der Waals surface area contributed by atoms with Crippen molar-refractivity contribution in [2.75, 3.05) is 0 Å². The van der Waals surface area contributed by atoms with Crippen molar-refractivity contribution < 1.29 is 9.90 Å². The van der Waals surface area contributed by atoms with E-state index in [0.29, 0.717) is 10.8 Å². The zero-order valence-corrected chi connectivity index (χ0v) is 9.91. The predicted octanol–water partition coefficient (Wildman–Crippen LogP) is 3.41. The van der Waals surface area contributed by atoms with E-state index in [4.69, 9.17) is 5.11 Å². The molecule has 13 heavy (non-hydrogen) atoms. The molecular formula is C9H11BrO2S. The fourth-order valence-electron chi connectivity index (χ4n) is 1.09. The third-order valence-corrected chi connectivity index (χ3v) is 3.54. The molecule has 1 aromatic heterocycles. The molecule has 0 saturated carbocycles. The summed E-state index contributed by atoms with van der Waals surface area (Å²) in [5.41, 5.74) is 1.09. The zero-order valence-electron chi connectivity index (χ0n) is 7.50. The van der Waals surface area contributed by atoms with Crippen molar-refractivity contribution in [3.8, 4) is 0 Å². The van der Waals surface area contributed by atoms with Crippen LogP contribution in [0.2, 0.25) is 0 Å². The molecule has 0 saturated heterocycles. The van der Waals surface area contributed by atoms with Crippen molar-refractivity contribution >= 4 is 33.2 Å². The van der Waals surface area contributed by atoms with Crippen LogP contribution in [0.15, 0.2) is 9.85 Å². The van der Waals surface area contributed by atoms with E-state index in [-0.39, 0.29) is 0 Å². The molecule has 0 aliphatic carbocycles. The van der Waals surface area contributed by atoms with Gasteiger partial charge in [-0.05, 0) is 39.9 Å². The van der Waals surface area contributed by atoms with Crippen LogP contribution in [0, 0.1) is 5.92 Å². The number of hydrogen-bond acceptors (Lipinski definition) is 2. The van der Waals surface area contributed by atoms with Gasteiger partial charge >= 0.3 is 5.97 Å². The van der Waals surface area contributed by atoms with Gasteiger partial charge in [-0.25, -0.2) is 4.79 Å². The Morgan fingerprint density at radius 2 is 2.31 bits per heavy atom. The average Bonchev–Trinajstić information content (AvgIpc) is 2.31. The van der Waals surface area contributed by atoms with Gasteiger partial charge in [0.05, 0.1) is 3.79 Å². The number of carboxylic acid groups (broad SMARTS) is 1. The Labute approximate surface area is 89.7 Å². The molecule has 4 heteroatoms. The molecule has 2 nitrogen and oxygen atoms in total. The maximum atomic E-state index is 10.6. The van der Waals surface area contributed by atoms with Gasteiger partial charge in [-0.1, -0.05) is 13.8 Å². The van der Waals surface area contributed by atoms with Crippen LogP contribution in [0.4, 0.5) is 0 Å². The first-order valence-corrected chi connectivity index (χ1v) is 5.63. The lowest BCUT2D eigenvalue weighted by molar-refractivity contribution is 0.0702. The van der Waals surface area contributed by atoms with E-state index in [2.05, 4.69) is 29.8 Å². The molecule has 0 aliphatic rings. The van der Waals surface area contributed by atoms with E-state index in [1.807, 2.05) is 0 Å². The molecule has 1 rings (SSSR count). The Kier molecular flexibility index (Phi) is 3.50. The highest BCUT2D eigenvalue weighted by Gasteiger charge is 2.12. The molecule has 0 aromatic carbocycles. The molecular weight excluding hydrogens is 252 g/mol. The van der Waals surface area contributed by atoms with Gasteiger partial charge in [0.1, 0.15) is 4.88 Å². The van der Waals surface area contributed by atoms with E-state index < -0.39 is 5.97 Å². The minimum Gasteiger partial charge on any atom is -0.477 e. The summed E-state index contributed by atoms with van der Waals surface area (Å²) >= 11 is 4.65. The molecule has 0 radical (unpaired) electrons. The SMILES string of the molecule is CC(C)Cc1cc(C(=O)O)sc1Br. The summed E-state index contributed by atoms with van der Waals surface area (Å²) in [6.07, 6.45) is 0.921. The first-order chi connectivity index (χ1) is 6.00. The van der Waals surface area contributed by atoms with Crippen LogP contribution in [-0.2, 0) is 6.42 Å². The summed E-state index contributed by atoms with van der Waals surface area (Å²) in [4.78, 5) is 11.0.